The highest BCUT2D eigenvalue weighted by Gasteiger charge is 2.30. The lowest BCUT2D eigenvalue weighted by atomic mass is 9.75. The highest BCUT2D eigenvalue weighted by molar-refractivity contribution is 5.52. The van der Waals surface area contributed by atoms with Gasteiger partial charge in [0, 0.05) is 11.7 Å². The minimum Gasteiger partial charge on any atom is -0.382 e. The van der Waals surface area contributed by atoms with Gasteiger partial charge < -0.3 is 5.32 Å². The van der Waals surface area contributed by atoms with E-state index in [4.69, 9.17) is 0 Å². The lowest BCUT2D eigenvalue weighted by Gasteiger charge is -2.37. The Kier molecular flexibility index (Phi) is 3.47. The normalized spacial score (nSPS) is 21.4. The monoisotopic (exact) mass is 269 g/mol. The van der Waals surface area contributed by atoms with Crippen LogP contribution in [0.4, 0.5) is 10.1 Å². The molecule has 2 aromatic carbocycles. The summed E-state index contributed by atoms with van der Waals surface area (Å²) in [5, 5.41) is 3.52. The summed E-state index contributed by atoms with van der Waals surface area (Å²) in [7, 11) is 0. The first-order valence-electron chi connectivity index (χ1n) is 7.21. The van der Waals surface area contributed by atoms with Crippen molar-refractivity contribution in [2.75, 3.05) is 5.32 Å². The Balaban J connectivity index is 1.59. The summed E-state index contributed by atoms with van der Waals surface area (Å²) >= 11 is 0. The summed E-state index contributed by atoms with van der Waals surface area (Å²) in [6.45, 7) is 4.06. The predicted molar refractivity (Wildman–Crippen MR) is 81.7 cm³/mol. The Labute approximate surface area is 119 Å². The van der Waals surface area contributed by atoms with Gasteiger partial charge in [0.15, 0.2) is 0 Å². The van der Waals surface area contributed by atoms with E-state index < -0.39 is 0 Å². The Morgan fingerprint density at radius 1 is 1.00 bits per heavy atom. The van der Waals surface area contributed by atoms with Gasteiger partial charge in [-0.2, -0.15) is 0 Å². The number of benzene rings is 2. The molecule has 0 aliphatic heterocycles. The van der Waals surface area contributed by atoms with Gasteiger partial charge in [-0.05, 0) is 61.9 Å². The van der Waals surface area contributed by atoms with E-state index in [1.165, 1.54) is 17.2 Å². The Bertz CT molecular complexity index is 597. The molecular weight excluding hydrogens is 249 g/mol. The molecule has 3 rings (SSSR count). The van der Waals surface area contributed by atoms with Crippen LogP contribution < -0.4 is 5.32 Å². The lowest BCUT2D eigenvalue weighted by Crippen LogP contribution is -2.34. The quantitative estimate of drug-likeness (QED) is 0.844. The van der Waals surface area contributed by atoms with E-state index in [0.29, 0.717) is 12.0 Å². The van der Waals surface area contributed by atoms with Crippen LogP contribution in [0, 0.1) is 19.7 Å². The molecule has 1 fully saturated rings. The van der Waals surface area contributed by atoms with Crippen LogP contribution in [0.1, 0.15) is 35.4 Å². The number of hydrogen-bond acceptors (Lipinski definition) is 1. The van der Waals surface area contributed by atoms with E-state index in [-0.39, 0.29) is 5.82 Å². The summed E-state index contributed by atoms with van der Waals surface area (Å²) in [4.78, 5) is 0. The van der Waals surface area contributed by atoms with Crippen molar-refractivity contribution in [3.05, 3.63) is 65.0 Å². The van der Waals surface area contributed by atoms with Crippen LogP contribution in [-0.2, 0) is 0 Å². The molecular formula is C18H20FN. The molecule has 2 heteroatoms. The number of rotatable bonds is 3. The number of hydrogen-bond donors (Lipinski definition) is 1. The molecule has 1 nitrogen and oxygen atoms in total. The van der Waals surface area contributed by atoms with Crippen LogP contribution in [-0.4, -0.2) is 6.04 Å². The molecule has 0 spiro atoms. The molecule has 0 atom stereocenters. The fourth-order valence-corrected chi connectivity index (χ4v) is 2.86. The van der Waals surface area contributed by atoms with Crippen LogP contribution in [0.2, 0.25) is 0 Å². The van der Waals surface area contributed by atoms with Gasteiger partial charge >= 0.3 is 0 Å². The SMILES string of the molecule is Cc1ccc(C2CC(Nc3ccc(F)cc3C)C2)cc1. The summed E-state index contributed by atoms with van der Waals surface area (Å²) in [6.07, 6.45) is 2.31. The maximum atomic E-state index is 13.1. The van der Waals surface area contributed by atoms with Crippen molar-refractivity contribution >= 4 is 5.69 Å². The van der Waals surface area contributed by atoms with E-state index in [1.54, 1.807) is 6.07 Å². The molecule has 104 valence electrons. The number of anilines is 1. The fraction of sp³-hybridized carbons (Fsp3) is 0.333. The van der Waals surface area contributed by atoms with Gasteiger partial charge in [0.1, 0.15) is 5.82 Å². The van der Waals surface area contributed by atoms with Gasteiger partial charge in [-0.3, -0.25) is 0 Å². The van der Waals surface area contributed by atoms with Crippen LogP contribution in [0.15, 0.2) is 42.5 Å². The summed E-state index contributed by atoms with van der Waals surface area (Å²) in [6, 6.07) is 14.3. The second-order valence-corrected chi connectivity index (χ2v) is 5.88. The standard InChI is InChI=1S/C18H20FN/c1-12-3-5-14(6-4-12)15-10-17(11-15)20-18-8-7-16(19)9-13(18)2/h3-9,15,17,20H,10-11H2,1-2H3. The summed E-state index contributed by atoms with van der Waals surface area (Å²) in [5.74, 6) is 0.494. The Morgan fingerprint density at radius 2 is 1.70 bits per heavy atom. The molecule has 2 aromatic rings. The molecule has 0 aromatic heterocycles. The van der Waals surface area contributed by atoms with Crippen molar-refractivity contribution in [2.24, 2.45) is 0 Å². The Hall–Kier alpha value is -1.83. The van der Waals surface area contributed by atoms with Crippen molar-refractivity contribution in [1.29, 1.82) is 0 Å². The van der Waals surface area contributed by atoms with Crippen molar-refractivity contribution in [3.8, 4) is 0 Å². The van der Waals surface area contributed by atoms with Gasteiger partial charge in [-0.15, -0.1) is 0 Å². The first kappa shape index (κ1) is 13.2. The molecule has 20 heavy (non-hydrogen) atoms. The summed E-state index contributed by atoms with van der Waals surface area (Å²) < 4.78 is 13.1. The predicted octanol–water partition coefficient (Wildman–Crippen LogP) is 4.80. The van der Waals surface area contributed by atoms with Crippen molar-refractivity contribution in [3.63, 3.8) is 0 Å². The number of aryl methyl sites for hydroxylation is 2. The van der Waals surface area contributed by atoms with Crippen molar-refractivity contribution in [2.45, 2.75) is 38.6 Å². The molecule has 1 aliphatic carbocycles. The van der Waals surface area contributed by atoms with Crippen LogP contribution >= 0.6 is 0 Å². The van der Waals surface area contributed by atoms with Gasteiger partial charge in [-0.1, -0.05) is 29.8 Å². The largest absolute Gasteiger partial charge is 0.382 e. The van der Waals surface area contributed by atoms with Crippen LogP contribution in [0.5, 0.6) is 0 Å². The molecule has 0 radical (unpaired) electrons. The molecule has 1 aliphatic rings. The first-order valence-corrected chi connectivity index (χ1v) is 7.21. The molecule has 0 saturated heterocycles. The van der Waals surface area contributed by atoms with Crippen LogP contribution in [0.3, 0.4) is 0 Å². The maximum Gasteiger partial charge on any atom is 0.123 e. The first-order chi connectivity index (χ1) is 9.61. The molecule has 0 unspecified atom stereocenters. The zero-order chi connectivity index (χ0) is 14.1. The maximum absolute atomic E-state index is 13.1. The Morgan fingerprint density at radius 3 is 2.35 bits per heavy atom. The van der Waals surface area contributed by atoms with E-state index >= 15 is 0 Å². The topological polar surface area (TPSA) is 12.0 Å². The highest BCUT2D eigenvalue weighted by atomic mass is 19.1. The van der Waals surface area contributed by atoms with Crippen LogP contribution in [0.25, 0.3) is 0 Å². The minimum absolute atomic E-state index is 0.167. The molecule has 0 amide bonds. The molecule has 1 N–H and O–H groups in total. The second-order valence-electron chi connectivity index (χ2n) is 5.88. The average Bonchev–Trinajstić information content (AvgIpc) is 2.37. The van der Waals surface area contributed by atoms with Gasteiger partial charge in [0.25, 0.3) is 0 Å². The second kappa shape index (κ2) is 5.28. The zero-order valence-electron chi connectivity index (χ0n) is 12.0. The van der Waals surface area contributed by atoms with E-state index in [0.717, 1.165) is 24.1 Å². The third-order valence-corrected chi connectivity index (χ3v) is 4.23. The average molecular weight is 269 g/mol. The van der Waals surface area contributed by atoms with Gasteiger partial charge in [0.05, 0.1) is 0 Å². The van der Waals surface area contributed by atoms with E-state index in [1.807, 2.05) is 13.0 Å². The third kappa shape index (κ3) is 2.69. The van der Waals surface area contributed by atoms with Gasteiger partial charge in [-0.25, -0.2) is 4.39 Å². The third-order valence-electron chi connectivity index (χ3n) is 4.23. The lowest BCUT2D eigenvalue weighted by molar-refractivity contribution is 0.374. The highest BCUT2D eigenvalue weighted by Crippen LogP contribution is 2.38. The fourth-order valence-electron chi connectivity index (χ4n) is 2.86. The smallest absolute Gasteiger partial charge is 0.123 e. The van der Waals surface area contributed by atoms with Crippen molar-refractivity contribution in [1.82, 2.24) is 0 Å². The number of halogens is 1. The molecule has 0 bridgehead atoms. The summed E-state index contributed by atoms with van der Waals surface area (Å²) in [5.41, 5.74) is 4.77. The number of nitrogens with one attached hydrogen (secondary N) is 1. The zero-order valence-corrected chi connectivity index (χ0v) is 12.0. The molecule has 0 heterocycles. The van der Waals surface area contributed by atoms with E-state index in [9.17, 15) is 4.39 Å². The van der Waals surface area contributed by atoms with E-state index in [2.05, 4.69) is 36.5 Å². The van der Waals surface area contributed by atoms with Crippen molar-refractivity contribution < 1.29 is 4.39 Å². The minimum atomic E-state index is -0.167. The van der Waals surface area contributed by atoms with Gasteiger partial charge in [0.2, 0.25) is 0 Å². The molecule has 1 saturated carbocycles.